The van der Waals surface area contributed by atoms with Crippen molar-refractivity contribution in [1.82, 2.24) is 5.32 Å². The molecule has 0 spiro atoms. The summed E-state index contributed by atoms with van der Waals surface area (Å²) >= 11 is 0. The predicted octanol–water partition coefficient (Wildman–Crippen LogP) is 2.23. The Kier molecular flexibility index (Phi) is 9.68. The first-order chi connectivity index (χ1) is 9.36. The minimum absolute atomic E-state index is 0.134. The van der Waals surface area contributed by atoms with Crippen LogP contribution < -0.4 is 5.32 Å². The Labute approximate surface area is 121 Å². The van der Waals surface area contributed by atoms with Crippen LogP contribution in [0.3, 0.4) is 0 Å². The van der Waals surface area contributed by atoms with Gasteiger partial charge in [0.2, 0.25) is 5.91 Å². The minimum Gasteiger partial charge on any atom is -0.464 e. The molecule has 0 aliphatic carbocycles. The van der Waals surface area contributed by atoms with Crippen molar-refractivity contribution in [3.63, 3.8) is 0 Å². The molecule has 5 nitrogen and oxygen atoms in total. The second-order valence-electron chi connectivity index (χ2n) is 5.41. The summed E-state index contributed by atoms with van der Waals surface area (Å²) in [5.41, 5.74) is 0. The maximum atomic E-state index is 11.8. The van der Waals surface area contributed by atoms with Crippen LogP contribution in [0.1, 0.15) is 59.8 Å². The first kappa shape index (κ1) is 18.6. The molecule has 0 rings (SSSR count). The van der Waals surface area contributed by atoms with Crippen molar-refractivity contribution >= 4 is 17.7 Å². The van der Waals surface area contributed by atoms with Gasteiger partial charge in [-0.1, -0.05) is 13.8 Å². The number of ether oxygens (including phenoxy) is 1. The summed E-state index contributed by atoms with van der Waals surface area (Å²) in [7, 11) is 0. The van der Waals surface area contributed by atoms with Gasteiger partial charge in [0.05, 0.1) is 6.61 Å². The fourth-order valence-electron chi connectivity index (χ4n) is 1.85. The average Bonchev–Trinajstić information content (AvgIpc) is 2.33. The molecule has 1 atom stereocenters. The molecule has 116 valence electrons. The summed E-state index contributed by atoms with van der Waals surface area (Å²) in [6, 6.07) is -0.574. The molecule has 20 heavy (non-hydrogen) atoms. The first-order valence-electron chi connectivity index (χ1n) is 7.32. The van der Waals surface area contributed by atoms with E-state index in [0.29, 0.717) is 44.6 Å². The molecule has 0 fully saturated rings. The lowest BCUT2D eigenvalue weighted by atomic mass is 10.0. The van der Waals surface area contributed by atoms with E-state index in [2.05, 4.69) is 5.32 Å². The molecule has 0 aliphatic rings. The molecule has 1 N–H and O–H groups in total. The molecule has 1 amide bonds. The van der Waals surface area contributed by atoms with Gasteiger partial charge in [-0.2, -0.15) is 0 Å². The average molecular weight is 285 g/mol. The fourth-order valence-corrected chi connectivity index (χ4v) is 1.85. The topological polar surface area (TPSA) is 72.5 Å². The van der Waals surface area contributed by atoms with Crippen LogP contribution in [0.15, 0.2) is 0 Å². The molecule has 0 aromatic heterocycles. The van der Waals surface area contributed by atoms with Crippen molar-refractivity contribution in [2.45, 2.75) is 65.8 Å². The minimum atomic E-state index is -0.574. The standard InChI is InChI=1S/C15H27NO4/c1-5-20-15(19)13(10-11(2)3)16-14(18)9-7-6-8-12(4)17/h11,13H,5-10H2,1-4H3,(H,16,18). The Morgan fingerprint density at radius 3 is 2.20 bits per heavy atom. The van der Waals surface area contributed by atoms with Crippen molar-refractivity contribution in [3.05, 3.63) is 0 Å². The monoisotopic (exact) mass is 285 g/mol. The Morgan fingerprint density at radius 1 is 1.10 bits per heavy atom. The summed E-state index contributed by atoms with van der Waals surface area (Å²) in [6.07, 6.45) is 2.76. The summed E-state index contributed by atoms with van der Waals surface area (Å²) in [6.45, 7) is 7.58. The van der Waals surface area contributed by atoms with E-state index in [-0.39, 0.29) is 17.7 Å². The zero-order chi connectivity index (χ0) is 15.5. The lowest BCUT2D eigenvalue weighted by Crippen LogP contribution is -2.42. The van der Waals surface area contributed by atoms with Crippen LogP contribution >= 0.6 is 0 Å². The van der Waals surface area contributed by atoms with E-state index in [9.17, 15) is 14.4 Å². The van der Waals surface area contributed by atoms with Gasteiger partial charge in [-0.25, -0.2) is 4.79 Å². The van der Waals surface area contributed by atoms with Crippen LogP contribution in [0, 0.1) is 5.92 Å². The number of hydrogen-bond acceptors (Lipinski definition) is 4. The molecule has 0 aliphatic heterocycles. The van der Waals surface area contributed by atoms with Gasteiger partial charge in [-0.15, -0.1) is 0 Å². The highest BCUT2D eigenvalue weighted by atomic mass is 16.5. The Bertz CT molecular complexity index is 326. The Hall–Kier alpha value is -1.39. The summed E-state index contributed by atoms with van der Waals surface area (Å²) in [5, 5.41) is 2.72. The third kappa shape index (κ3) is 9.53. The predicted molar refractivity (Wildman–Crippen MR) is 77.2 cm³/mol. The fraction of sp³-hybridized carbons (Fsp3) is 0.800. The number of ketones is 1. The lowest BCUT2D eigenvalue weighted by Gasteiger charge is -2.19. The number of esters is 1. The van der Waals surface area contributed by atoms with Crippen LogP contribution in [0.25, 0.3) is 0 Å². The molecule has 0 aromatic rings. The van der Waals surface area contributed by atoms with E-state index in [1.165, 1.54) is 0 Å². The smallest absolute Gasteiger partial charge is 0.328 e. The zero-order valence-electron chi connectivity index (χ0n) is 13.0. The number of carbonyl (C=O) groups excluding carboxylic acids is 3. The number of nitrogens with one attached hydrogen (secondary N) is 1. The molecule has 0 saturated carbocycles. The molecule has 5 heteroatoms. The first-order valence-corrected chi connectivity index (χ1v) is 7.32. The molecule has 0 bridgehead atoms. The molecule has 1 unspecified atom stereocenters. The summed E-state index contributed by atoms with van der Waals surface area (Å²) in [5.74, 6) is -0.109. The van der Waals surface area contributed by atoms with Gasteiger partial charge in [0, 0.05) is 12.8 Å². The number of carbonyl (C=O) groups is 3. The second-order valence-corrected chi connectivity index (χ2v) is 5.41. The number of rotatable bonds is 10. The summed E-state index contributed by atoms with van der Waals surface area (Å²) in [4.78, 5) is 34.3. The maximum Gasteiger partial charge on any atom is 0.328 e. The highest BCUT2D eigenvalue weighted by Crippen LogP contribution is 2.08. The van der Waals surface area contributed by atoms with Gasteiger partial charge in [0.1, 0.15) is 11.8 Å². The highest BCUT2D eigenvalue weighted by molar-refractivity contribution is 5.84. The van der Waals surface area contributed by atoms with E-state index >= 15 is 0 Å². The van der Waals surface area contributed by atoms with E-state index in [0.717, 1.165) is 0 Å². The lowest BCUT2D eigenvalue weighted by molar-refractivity contribution is -0.147. The molecule has 0 aromatic carbocycles. The Balaban J connectivity index is 4.17. The highest BCUT2D eigenvalue weighted by Gasteiger charge is 2.22. The second kappa shape index (κ2) is 10.4. The SMILES string of the molecule is CCOC(=O)C(CC(C)C)NC(=O)CCCCC(C)=O. The van der Waals surface area contributed by atoms with Crippen LogP contribution in [0.4, 0.5) is 0 Å². The number of Topliss-reactive ketones (excluding diaryl/α,β-unsaturated/α-hetero) is 1. The van der Waals surface area contributed by atoms with Crippen molar-refractivity contribution < 1.29 is 19.1 Å². The van der Waals surface area contributed by atoms with Crippen molar-refractivity contribution in [2.75, 3.05) is 6.61 Å². The van der Waals surface area contributed by atoms with Crippen LogP contribution in [0.2, 0.25) is 0 Å². The van der Waals surface area contributed by atoms with Crippen LogP contribution in [0.5, 0.6) is 0 Å². The quantitative estimate of drug-likeness (QED) is 0.493. The van der Waals surface area contributed by atoms with Crippen molar-refractivity contribution in [1.29, 1.82) is 0 Å². The molecule has 0 saturated heterocycles. The van der Waals surface area contributed by atoms with E-state index in [1.54, 1.807) is 13.8 Å². The normalized spacial score (nSPS) is 12.1. The Morgan fingerprint density at radius 2 is 1.70 bits per heavy atom. The number of amides is 1. The number of unbranched alkanes of at least 4 members (excludes halogenated alkanes) is 1. The molecular formula is C15H27NO4. The van der Waals surface area contributed by atoms with Crippen LogP contribution in [-0.2, 0) is 19.1 Å². The molecule has 0 radical (unpaired) electrons. The maximum absolute atomic E-state index is 11.8. The van der Waals surface area contributed by atoms with Gasteiger partial charge in [0.25, 0.3) is 0 Å². The van der Waals surface area contributed by atoms with E-state index in [1.807, 2.05) is 13.8 Å². The van der Waals surface area contributed by atoms with E-state index < -0.39 is 6.04 Å². The van der Waals surface area contributed by atoms with Gasteiger partial charge >= 0.3 is 5.97 Å². The van der Waals surface area contributed by atoms with Crippen LogP contribution in [-0.4, -0.2) is 30.3 Å². The molecular weight excluding hydrogens is 258 g/mol. The van der Waals surface area contributed by atoms with Crippen molar-refractivity contribution in [2.24, 2.45) is 5.92 Å². The van der Waals surface area contributed by atoms with Crippen molar-refractivity contribution in [3.8, 4) is 0 Å². The van der Waals surface area contributed by atoms with E-state index in [4.69, 9.17) is 4.74 Å². The third-order valence-corrected chi connectivity index (χ3v) is 2.80. The zero-order valence-corrected chi connectivity index (χ0v) is 13.0. The van der Waals surface area contributed by atoms with Gasteiger partial charge < -0.3 is 14.8 Å². The molecule has 0 heterocycles. The summed E-state index contributed by atoms with van der Waals surface area (Å²) < 4.78 is 4.96. The van der Waals surface area contributed by atoms with Gasteiger partial charge in [0.15, 0.2) is 0 Å². The van der Waals surface area contributed by atoms with Gasteiger partial charge in [-0.05, 0) is 39.0 Å². The third-order valence-electron chi connectivity index (χ3n) is 2.80. The number of hydrogen-bond donors (Lipinski definition) is 1. The van der Waals surface area contributed by atoms with Gasteiger partial charge in [-0.3, -0.25) is 4.79 Å². The largest absolute Gasteiger partial charge is 0.464 e.